The summed E-state index contributed by atoms with van der Waals surface area (Å²) in [6.45, 7) is 10.3. The third-order valence-electron chi connectivity index (χ3n) is 5.20. The highest BCUT2D eigenvalue weighted by atomic mass is 32.1. The molecule has 1 aromatic heterocycles. The first-order valence-corrected chi connectivity index (χ1v) is 9.03. The Morgan fingerprint density at radius 2 is 1.85 bits per heavy atom. The van der Waals surface area contributed by atoms with Gasteiger partial charge in [-0.15, -0.1) is 11.3 Å². The van der Waals surface area contributed by atoms with Gasteiger partial charge in [0, 0.05) is 9.75 Å². The molecule has 0 bridgehead atoms. The first kappa shape index (κ1) is 16.0. The van der Waals surface area contributed by atoms with Gasteiger partial charge in [0.1, 0.15) is 0 Å². The lowest BCUT2D eigenvalue weighted by Gasteiger charge is -2.41. The molecule has 3 unspecified atom stereocenters. The van der Waals surface area contributed by atoms with Crippen molar-refractivity contribution in [2.24, 2.45) is 28.9 Å². The summed E-state index contributed by atoms with van der Waals surface area (Å²) in [5, 5.41) is 0. The zero-order valence-electron chi connectivity index (χ0n) is 13.6. The maximum absolute atomic E-state index is 6.04. The lowest BCUT2D eigenvalue weighted by Crippen LogP contribution is -2.35. The lowest BCUT2D eigenvalue weighted by molar-refractivity contribution is 0.101. The van der Waals surface area contributed by atoms with Crippen LogP contribution in [0.15, 0.2) is 12.1 Å². The van der Waals surface area contributed by atoms with E-state index in [1.54, 1.807) is 4.88 Å². The van der Waals surface area contributed by atoms with E-state index >= 15 is 0 Å². The molecular formula is C18H31NS. The number of aryl methyl sites for hydroxylation is 1. The quantitative estimate of drug-likeness (QED) is 0.840. The van der Waals surface area contributed by atoms with Gasteiger partial charge in [0.05, 0.1) is 0 Å². The van der Waals surface area contributed by atoms with Crippen molar-refractivity contribution in [2.45, 2.75) is 59.8 Å². The highest BCUT2D eigenvalue weighted by molar-refractivity contribution is 7.11. The molecule has 1 fully saturated rings. The number of thiophene rings is 1. The van der Waals surface area contributed by atoms with Crippen LogP contribution in [0, 0.1) is 23.2 Å². The normalized spacial score (nSPS) is 27.8. The van der Waals surface area contributed by atoms with E-state index in [-0.39, 0.29) is 0 Å². The zero-order chi connectivity index (χ0) is 14.8. The minimum Gasteiger partial charge on any atom is -0.330 e. The number of hydrogen-bond acceptors (Lipinski definition) is 2. The van der Waals surface area contributed by atoms with E-state index in [0.29, 0.717) is 5.41 Å². The van der Waals surface area contributed by atoms with Crippen molar-refractivity contribution >= 4 is 11.3 Å². The first-order valence-electron chi connectivity index (χ1n) is 8.21. The Kier molecular flexibility index (Phi) is 5.30. The van der Waals surface area contributed by atoms with Crippen LogP contribution in [-0.2, 0) is 12.8 Å². The van der Waals surface area contributed by atoms with E-state index in [4.69, 9.17) is 5.73 Å². The predicted octanol–water partition coefficient (Wildman–Crippen LogP) is 4.89. The van der Waals surface area contributed by atoms with Crippen LogP contribution in [0.2, 0.25) is 0 Å². The molecule has 0 aromatic carbocycles. The molecule has 1 aliphatic rings. The first-order chi connectivity index (χ1) is 9.44. The fourth-order valence-corrected chi connectivity index (χ4v) is 4.70. The molecule has 1 aromatic rings. The molecule has 1 nitrogen and oxygen atoms in total. The molecular weight excluding hydrogens is 262 g/mol. The summed E-state index contributed by atoms with van der Waals surface area (Å²) < 4.78 is 0. The van der Waals surface area contributed by atoms with Gasteiger partial charge in [0.2, 0.25) is 0 Å². The second-order valence-corrected chi connectivity index (χ2v) is 8.81. The van der Waals surface area contributed by atoms with Gasteiger partial charge in [-0.2, -0.15) is 0 Å². The van der Waals surface area contributed by atoms with Crippen LogP contribution in [-0.4, -0.2) is 6.54 Å². The van der Waals surface area contributed by atoms with Gasteiger partial charge in [0.15, 0.2) is 0 Å². The smallest absolute Gasteiger partial charge is 0.00510 e. The average molecular weight is 294 g/mol. The van der Waals surface area contributed by atoms with Gasteiger partial charge in [-0.1, -0.05) is 27.7 Å². The summed E-state index contributed by atoms with van der Waals surface area (Å²) in [5.41, 5.74) is 6.48. The summed E-state index contributed by atoms with van der Waals surface area (Å²) in [6, 6.07) is 4.65. The Bertz CT molecular complexity index is 415. The monoisotopic (exact) mass is 293 g/mol. The Morgan fingerprint density at radius 3 is 2.40 bits per heavy atom. The van der Waals surface area contributed by atoms with Crippen LogP contribution >= 0.6 is 11.3 Å². The minimum absolute atomic E-state index is 0.446. The van der Waals surface area contributed by atoms with Crippen LogP contribution < -0.4 is 5.73 Å². The molecule has 114 valence electrons. The van der Waals surface area contributed by atoms with Gasteiger partial charge in [0.25, 0.3) is 0 Å². The molecule has 20 heavy (non-hydrogen) atoms. The van der Waals surface area contributed by atoms with Gasteiger partial charge < -0.3 is 5.73 Å². The second kappa shape index (κ2) is 6.62. The molecule has 1 aliphatic carbocycles. The molecule has 0 saturated heterocycles. The average Bonchev–Trinajstić information content (AvgIpc) is 2.85. The van der Waals surface area contributed by atoms with Crippen molar-refractivity contribution in [3.05, 3.63) is 21.9 Å². The molecule has 0 radical (unpaired) electrons. The van der Waals surface area contributed by atoms with Gasteiger partial charge in [-0.3, -0.25) is 0 Å². The topological polar surface area (TPSA) is 26.0 Å². The molecule has 0 spiro atoms. The highest BCUT2D eigenvalue weighted by Crippen LogP contribution is 2.43. The maximum atomic E-state index is 6.04. The predicted molar refractivity (Wildman–Crippen MR) is 90.2 cm³/mol. The molecule has 2 rings (SSSR count). The number of nitrogens with two attached hydrogens (primary N) is 1. The number of rotatable bonds is 4. The van der Waals surface area contributed by atoms with Crippen molar-refractivity contribution in [3.63, 3.8) is 0 Å². The Labute approximate surface area is 129 Å². The SMILES string of the molecule is CCc1ccc(CC2CC(C(C)(C)C)CCC2CN)s1. The fourth-order valence-electron chi connectivity index (χ4n) is 3.65. The molecule has 0 aliphatic heterocycles. The van der Waals surface area contributed by atoms with Gasteiger partial charge in [-0.05, 0) is 74.0 Å². The van der Waals surface area contributed by atoms with Crippen molar-refractivity contribution in [3.8, 4) is 0 Å². The van der Waals surface area contributed by atoms with Crippen molar-refractivity contribution < 1.29 is 0 Å². The largest absolute Gasteiger partial charge is 0.330 e. The Morgan fingerprint density at radius 1 is 1.15 bits per heavy atom. The van der Waals surface area contributed by atoms with E-state index in [0.717, 1.165) is 24.3 Å². The second-order valence-electron chi connectivity index (χ2n) is 7.56. The van der Waals surface area contributed by atoms with Crippen molar-refractivity contribution in [1.29, 1.82) is 0 Å². The van der Waals surface area contributed by atoms with E-state index < -0.39 is 0 Å². The van der Waals surface area contributed by atoms with Crippen LogP contribution in [0.5, 0.6) is 0 Å². The van der Waals surface area contributed by atoms with E-state index in [1.807, 2.05) is 11.3 Å². The summed E-state index contributed by atoms with van der Waals surface area (Å²) in [5.74, 6) is 2.39. The standard InChI is InChI=1S/C18H31NS/c1-5-16-8-9-17(20-16)11-14-10-15(18(2,3)4)7-6-13(14)12-19/h8-9,13-15H,5-7,10-12,19H2,1-4H3. The summed E-state index contributed by atoms with van der Waals surface area (Å²) >= 11 is 2.01. The van der Waals surface area contributed by atoms with E-state index in [2.05, 4.69) is 39.8 Å². The molecule has 2 heteroatoms. The minimum atomic E-state index is 0.446. The van der Waals surface area contributed by atoms with Gasteiger partial charge in [-0.25, -0.2) is 0 Å². The summed E-state index contributed by atoms with van der Waals surface area (Å²) in [4.78, 5) is 3.09. The van der Waals surface area contributed by atoms with Crippen LogP contribution in [0.3, 0.4) is 0 Å². The highest BCUT2D eigenvalue weighted by Gasteiger charge is 2.35. The van der Waals surface area contributed by atoms with Crippen LogP contribution in [0.4, 0.5) is 0 Å². The third-order valence-corrected chi connectivity index (χ3v) is 6.45. The lowest BCUT2D eigenvalue weighted by atomic mass is 9.65. The summed E-state index contributed by atoms with van der Waals surface area (Å²) in [7, 11) is 0. The summed E-state index contributed by atoms with van der Waals surface area (Å²) in [6.07, 6.45) is 6.48. The van der Waals surface area contributed by atoms with E-state index in [1.165, 1.54) is 37.0 Å². The van der Waals surface area contributed by atoms with Gasteiger partial charge >= 0.3 is 0 Å². The third kappa shape index (κ3) is 3.85. The van der Waals surface area contributed by atoms with Crippen LogP contribution in [0.1, 0.15) is 56.7 Å². The Hall–Kier alpha value is -0.340. The van der Waals surface area contributed by atoms with Crippen LogP contribution in [0.25, 0.3) is 0 Å². The molecule has 1 saturated carbocycles. The molecule has 2 N–H and O–H groups in total. The number of hydrogen-bond donors (Lipinski definition) is 1. The van der Waals surface area contributed by atoms with E-state index in [9.17, 15) is 0 Å². The van der Waals surface area contributed by atoms with Crippen molar-refractivity contribution in [1.82, 2.24) is 0 Å². The van der Waals surface area contributed by atoms with Crippen molar-refractivity contribution in [2.75, 3.05) is 6.54 Å². The molecule has 0 amide bonds. The zero-order valence-corrected chi connectivity index (χ0v) is 14.4. The Balaban J connectivity index is 2.05. The maximum Gasteiger partial charge on any atom is 0.00510 e. The molecule has 1 heterocycles. The fraction of sp³-hybridized carbons (Fsp3) is 0.778. The molecule has 3 atom stereocenters.